The summed E-state index contributed by atoms with van der Waals surface area (Å²) in [6, 6.07) is 20.3. The first kappa shape index (κ1) is 26.7. The second kappa shape index (κ2) is 10.8. The fourth-order valence-electron chi connectivity index (χ4n) is 4.30. The van der Waals surface area contributed by atoms with E-state index in [4.69, 9.17) is 13.9 Å². The van der Waals surface area contributed by atoms with Gasteiger partial charge in [-0.1, -0.05) is 93.6 Å². The van der Waals surface area contributed by atoms with Crippen LogP contribution in [0, 0.1) is 0 Å². The van der Waals surface area contributed by atoms with E-state index in [0.29, 0.717) is 13.1 Å². The van der Waals surface area contributed by atoms with Gasteiger partial charge >= 0.3 is 12.1 Å². The average Bonchev–Trinajstić information content (AvgIpc) is 3.33. The fraction of sp³-hybridized carbons (Fsp3) is 0.429. The van der Waals surface area contributed by atoms with Crippen LogP contribution in [0.3, 0.4) is 0 Å². The van der Waals surface area contributed by atoms with Crippen LogP contribution < -0.4 is 10.4 Å². The third-order valence-electron chi connectivity index (χ3n) is 5.86. The summed E-state index contributed by atoms with van der Waals surface area (Å²) in [6.07, 6.45) is 2.03. The van der Waals surface area contributed by atoms with Gasteiger partial charge in [0, 0.05) is 13.1 Å². The SMILES string of the molecule is CC(C)(C)OC(=O)[C@@H](CO[Si](c1ccccc1)(c1ccccc1)C(C)(C)C)OC(=O)N1CC=CC1. The summed E-state index contributed by atoms with van der Waals surface area (Å²) in [7, 11) is -2.92. The lowest BCUT2D eigenvalue weighted by atomic mass is 10.2. The van der Waals surface area contributed by atoms with Crippen molar-refractivity contribution in [1.29, 1.82) is 0 Å². The van der Waals surface area contributed by atoms with Gasteiger partial charge in [0.15, 0.2) is 0 Å². The van der Waals surface area contributed by atoms with Crippen LogP contribution in [0.2, 0.25) is 5.04 Å². The van der Waals surface area contributed by atoms with Gasteiger partial charge in [0.25, 0.3) is 8.32 Å². The van der Waals surface area contributed by atoms with Crippen molar-refractivity contribution in [3.05, 3.63) is 72.8 Å². The Morgan fingerprint density at radius 2 is 1.34 bits per heavy atom. The first-order valence-corrected chi connectivity index (χ1v) is 13.9. The minimum absolute atomic E-state index is 0.102. The zero-order chi connectivity index (χ0) is 25.7. The standard InChI is InChI=1S/C28H37NO5Si/c1-27(2,3)34-25(30)24(33-26(31)29-19-13-14-20-29)21-32-35(28(4,5)6,22-15-9-7-10-16-22)23-17-11-8-12-18-23/h7-18,24H,19-21H2,1-6H3/t24-/m1/s1. The number of rotatable bonds is 7. The van der Waals surface area contributed by atoms with E-state index in [9.17, 15) is 9.59 Å². The molecule has 35 heavy (non-hydrogen) atoms. The molecule has 0 bridgehead atoms. The van der Waals surface area contributed by atoms with E-state index in [-0.39, 0.29) is 11.6 Å². The first-order chi connectivity index (χ1) is 16.4. The predicted octanol–water partition coefficient (Wildman–Crippen LogP) is 4.28. The summed E-state index contributed by atoms with van der Waals surface area (Å²) in [5.41, 5.74) is -0.728. The summed E-state index contributed by atoms with van der Waals surface area (Å²) in [6.45, 7) is 12.6. The largest absolute Gasteiger partial charge is 0.457 e. The fourth-order valence-corrected chi connectivity index (χ4v) is 8.86. The Balaban J connectivity index is 1.98. The van der Waals surface area contributed by atoms with Gasteiger partial charge in [-0.05, 0) is 36.2 Å². The highest BCUT2D eigenvalue weighted by atomic mass is 28.4. The number of ether oxygens (including phenoxy) is 2. The molecule has 2 aromatic rings. The molecule has 1 aliphatic rings. The van der Waals surface area contributed by atoms with E-state index in [1.54, 1.807) is 20.8 Å². The molecule has 2 aromatic carbocycles. The summed E-state index contributed by atoms with van der Waals surface area (Å²) < 4.78 is 18.2. The Morgan fingerprint density at radius 3 is 1.77 bits per heavy atom. The number of hydrogen-bond acceptors (Lipinski definition) is 5. The Hall–Kier alpha value is -2.90. The molecular formula is C28H37NO5Si. The van der Waals surface area contributed by atoms with Gasteiger partial charge < -0.3 is 18.8 Å². The Bertz CT molecular complexity index is 977. The van der Waals surface area contributed by atoms with E-state index in [1.807, 2.05) is 48.6 Å². The number of carbonyl (C=O) groups is 2. The zero-order valence-electron chi connectivity index (χ0n) is 21.6. The number of carbonyl (C=O) groups excluding carboxylic acids is 2. The van der Waals surface area contributed by atoms with Gasteiger partial charge in [0.05, 0.1) is 6.61 Å². The molecule has 0 spiro atoms. The van der Waals surface area contributed by atoms with Gasteiger partial charge in [-0.25, -0.2) is 9.59 Å². The molecule has 0 aliphatic carbocycles. The van der Waals surface area contributed by atoms with Crippen molar-refractivity contribution in [2.75, 3.05) is 19.7 Å². The monoisotopic (exact) mass is 495 g/mol. The molecule has 7 heteroatoms. The molecule has 1 atom stereocenters. The van der Waals surface area contributed by atoms with Crippen molar-refractivity contribution >= 4 is 30.8 Å². The van der Waals surface area contributed by atoms with Crippen LogP contribution in [0.4, 0.5) is 4.79 Å². The lowest BCUT2D eigenvalue weighted by Gasteiger charge is -2.43. The van der Waals surface area contributed by atoms with Gasteiger partial charge in [-0.15, -0.1) is 0 Å². The van der Waals surface area contributed by atoms with Crippen molar-refractivity contribution in [2.45, 2.75) is 58.3 Å². The van der Waals surface area contributed by atoms with Gasteiger partial charge in [-0.2, -0.15) is 0 Å². The zero-order valence-corrected chi connectivity index (χ0v) is 22.6. The molecule has 0 saturated carbocycles. The van der Waals surface area contributed by atoms with Crippen molar-refractivity contribution in [2.24, 2.45) is 0 Å². The maximum absolute atomic E-state index is 13.2. The van der Waals surface area contributed by atoms with Gasteiger partial charge in [0.1, 0.15) is 5.60 Å². The van der Waals surface area contributed by atoms with Crippen LogP contribution in [0.1, 0.15) is 41.5 Å². The summed E-state index contributed by atoms with van der Waals surface area (Å²) >= 11 is 0. The van der Waals surface area contributed by atoms with E-state index < -0.39 is 32.1 Å². The Labute approximate surface area is 210 Å². The van der Waals surface area contributed by atoms with Crippen LogP contribution in [-0.2, 0) is 18.7 Å². The molecule has 3 rings (SSSR count). The third-order valence-corrected chi connectivity index (χ3v) is 10.9. The highest BCUT2D eigenvalue weighted by Gasteiger charge is 2.51. The van der Waals surface area contributed by atoms with Crippen molar-refractivity contribution in [3.8, 4) is 0 Å². The van der Waals surface area contributed by atoms with Crippen molar-refractivity contribution in [1.82, 2.24) is 4.90 Å². The van der Waals surface area contributed by atoms with E-state index in [1.165, 1.54) is 4.90 Å². The van der Waals surface area contributed by atoms with Crippen LogP contribution in [0.15, 0.2) is 72.8 Å². The summed E-state index contributed by atoms with van der Waals surface area (Å²) in [4.78, 5) is 27.5. The highest BCUT2D eigenvalue weighted by Crippen LogP contribution is 2.37. The number of hydrogen-bond donors (Lipinski definition) is 0. The molecule has 0 fully saturated rings. The summed E-state index contributed by atoms with van der Waals surface area (Å²) in [5.74, 6) is -0.615. The molecule has 0 aromatic heterocycles. The smallest absolute Gasteiger partial charge is 0.411 e. The maximum atomic E-state index is 13.2. The molecule has 0 saturated heterocycles. The molecule has 0 unspecified atom stereocenters. The molecule has 0 N–H and O–H groups in total. The molecule has 1 aliphatic heterocycles. The van der Waals surface area contributed by atoms with Gasteiger partial charge in [0.2, 0.25) is 6.10 Å². The number of amides is 1. The second-order valence-corrected chi connectivity index (χ2v) is 15.1. The minimum atomic E-state index is -2.92. The van der Waals surface area contributed by atoms with Gasteiger partial charge in [-0.3, -0.25) is 0 Å². The topological polar surface area (TPSA) is 65.1 Å². The minimum Gasteiger partial charge on any atom is -0.457 e. The van der Waals surface area contributed by atoms with E-state index in [0.717, 1.165) is 10.4 Å². The molecule has 1 heterocycles. The molecule has 188 valence electrons. The van der Waals surface area contributed by atoms with Crippen LogP contribution in [-0.4, -0.2) is 56.7 Å². The predicted molar refractivity (Wildman–Crippen MR) is 140 cm³/mol. The highest BCUT2D eigenvalue weighted by molar-refractivity contribution is 6.99. The quantitative estimate of drug-likeness (QED) is 0.326. The summed E-state index contributed by atoms with van der Waals surface area (Å²) in [5, 5.41) is 1.88. The van der Waals surface area contributed by atoms with Crippen molar-refractivity contribution in [3.63, 3.8) is 0 Å². The molecule has 1 amide bonds. The maximum Gasteiger partial charge on any atom is 0.411 e. The Morgan fingerprint density at radius 1 is 0.857 bits per heavy atom. The molecule has 0 radical (unpaired) electrons. The number of nitrogens with zero attached hydrogens (tertiary/aromatic N) is 1. The van der Waals surface area contributed by atoms with E-state index in [2.05, 4.69) is 45.0 Å². The lowest BCUT2D eigenvalue weighted by Crippen LogP contribution is -2.67. The normalized spacial score (nSPS) is 15.1. The second-order valence-electron chi connectivity index (χ2n) is 10.8. The average molecular weight is 496 g/mol. The van der Waals surface area contributed by atoms with Crippen molar-refractivity contribution < 1.29 is 23.5 Å². The lowest BCUT2D eigenvalue weighted by molar-refractivity contribution is -0.167. The third kappa shape index (κ3) is 6.41. The molecule has 6 nitrogen and oxygen atoms in total. The molecular weight excluding hydrogens is 458 g/mol. The van der Waals surface area contributed by atoms with Crippen LogP contribution in [0.5, 0.6) is 0 Å². The van der Waals surface area contributed by atoms with Crippen LogP contribution >= 0.6 is 0 Å². The Kier molecular flexibility index (Phi) is 8.23. The number of benzene rings is 2. The number of esters is 1. The van der Waals surface area contributed by atoms with E-state index >= 15 is 0 Å². The first-order valence-electron chi connectivity index (χ1n) is 12.0. The van der Waals surface area contributed by atoms with Crippen LogP contribution in [0.25, 0.3) is 0 Å².